The lowest BCUT2D eigenvalue weighted by Crippen LogP contribution is -2.31. The highest BCUT2D eigenvalue weighted by Crippen LogP contribution is 2.30. The van der Waals surface area contributed by atoms with E-state index in [0.717, 1.165) is 29.9 Å². The molecule has 0 aromatic heterocycles. The van der Waals surface area contributed by atoms with Gasteiger partial charge in [-0.05, 0) is 44.4 Å². The monoisotopic (exact) mass is 282 g/mol. The quantitative estimate of drug-likeness (QED) is 0.566. The van der Waals surface area contributed by atoms with Gasteiger partial charge in [0.05, 0.1) is 19.8 Å². The SMILES string of the molecule is COc1cc(OC)cc(C(CCC(C)(C)OC)NN)c1. The number of hydrazine groups is 1. The molecule has 3 N–H and O–H groups in total. The van der Waals surface area contributed by atoms with Crippen molar-refractivity contribution in [1.29, 1.82) is 0 Å². The fourth-order valence-corrected chi connectivity index (χ4v) is 1.97. The van der Waals surface area contributed by atoms with E-state index in [9.17, 15) is 0 Å². The maximum absolute atomic E-state index is 5.69. The molecule has 0 saturated carbocycles. The summed E-state index contributed by atoms with van der Waals surface area (Å²) in [6.45, 7) is 4.12. The summed E-state index contributed by atoms with van der Waals surface area (Å²) in [7, 11) is 4.99. The molecule has 114 valence electrons. The van der Waals surface area contributed by atoms with Gasteiger partial charge in [-0.15, -0.1) is 0 Å². The van der Waals surface area contributed by atoms with Gasteiger partial charge in [-0.1, -0.05) is 0 Å². The molecule has 0 fully saturated rings. The van der Waals surface area contributed by atoms with Crippen LogP contribution in [0.4, 0.5) is 0 Å². The molecule has 0 radical (unpaired) electrons. The van der Waals surface area contributed by atoms with Gasteiger partial charge in [0, 0.05) is 19.2 Å². The molecule has 1 unspecified atom stereocenters. The molecule has 20 heavy (non-hydrogen) atoms. The van der Waals surface area contributed by atoms with E-state index in [1.54, 1.807) is 21.3 Å². The van der Waals surface area contributed by atoms with Crippen LogP contribution in [-0.4, -0.2) is 26.9 Å². The third-order valence-electron chi connectivity index (χ3n) is 3.56. The van der Waals surface area contributed by atoms with E-state index in [0.29, 0.717) is 0 Å². The van der Waals surface area contributed by atoms with Gasteiger partial charge < -0.3 is 14.2 Å². The van der Waals surface area contributed by atoms with Crippen molar-refractivity contribution < 1.29 is 14.2 Å². The lowest BCUT2D eigenvalue weighted by Gasteiger charge is -2.26. The van der Waals surface area contributed by atoms with E-state index >= 15 is 0 Å². The summed E-state index contributed by atoms with van der Waals surface area (Å²) in [4.78, 5) is 0. The van der Waals surface area contributed by atoms with Crippen molar-refractivity contribution >= 4 is 0 Å². The number of hydrogen-bond donors (Lipinski definition) is 2. The lowest BCUT2D eigenvalue weighted by molar-refractivity contribution is 0.0117. The smallest absolute Gasteiger partial charge is 0.122 e. The molecule has 5 nitrogen and oxygen atoms in total. The number of methoxy groups -OCH3 is 3. The highest BCUT2D eigenvalue weighted by Gasteiger charge is 2.20. The second-order valence-electron chi connectivity index (χ2n) is 5.37. The number of benzene rings is 1. The molecule has 1 rings (SSSR count). The minimum Gasteiger partial charge on any atom is -0.497 e. The number of ether oxygens (including phenoxy) is 3. The van der Waals surface area contributed by atoms with E-state index in [1.165, 1.54) is 0 Å². The van der Waals surface area contributed by atoms with Gasteiger partial charge in [0.2, 0.25) is 0 Å². The molecule has 0 amide bonds. The molecule has 0 aliphatic rings. The Kier molecular flexibility index (Phi) is 6.26. The Morgan fingerprint density at radius 3 is 2.05 bits per heavy atom. The van der Waals surface area contributed by atoms with Crippen LogP contribution in [0, 0.1) is 0 Å². The molecule has 0 bridgehead atoms. The first-order valence-corrected chi connectivity index (χ1v) is 6.70. The van der Waals surface area contributed by atoms with E-state index in [1.807, 2.05) is 18.2 Å². The predicted octanol–water partition coefficient (Wildman–Crippen LogP) is 2.41. The average Bonchev–Trinajstić information content (AvgIpc) is 2.47. The summed E-state index contributed by atoms with van der Waals surface area (Å²) >= 11 is 0. The van der Waals surface area contributed by atoms with E-state index < -0.39 is 0 Å². The van der Waals surface area contributed by atoms with E-state index in [2.05, 4.69) is 19.3 Å². The van der Waals surface area contributed by atoms with Crippen molar-refractivity contribution in [2.75, 3.05) is 21.3 Å². The largest absolute Gasteiger partial charge is 0.497 e. The van der Waals surface area contributed by atoms with Gasteiger partial charge in [0.25, 0.3) is 0 Å². The van der Waals surface area contributed by atoms with Crippen molar-refractivity contribution in [2.24, 2.45) is 5.84 Å². The fraction of sp³-hybridized carbons (Fsp3) is 0.600. The zero-order valence-corrected chi connectivity index (χ0v) is 13.0. The maximum Gasteiger partial charge on any atom is 0.122 e. The highest BCUT2D eigenvalue weighted by molar-refractivity contribution is 5.39. The third-order valence-corrected chi connectivity index (χ3v) is 3.56. The predicted molar refractivity (Wildman–Crippen MR) is 79.9 cm³/mol. The average molecular weight is 282 g/mol. The minimum atomic E-state index is -0.169. The summed E-state index contributed by atoms with van der Waals surface area (Å²) < 4.78 is 16.0. The van der Waals surface area contributed by atoms with E-state index in [-0.39, 0.29) is 11.6 Å². The Labute approximate surface area is 121 Å². The Morgan fingerprint density at radius 1 is 1.10 bits per heavy atom. The zero-order valence-electron chi connectivity index (χ0n) is 13.0. The standard InChI is InChI=1S/C15H26N2O3/c1-15(2,20-5)7-6-14(17-16)11-8-12(18-3)10-13(9-11)19-4/h8-10,14,17H,6-7,16H2,1-5H3. The van der Waals surface area contributed by atoms with Crippen LogP contribution in [0.1, 0.15) is 38.3 Å². The first kappa shape index (κ1) is 16.8. The molecular weight excluding hydrogens is 256 g/mol. The van der Waals surface area contributed by atoms with Crippen LogP contribution in [0.15, 0.2) is 18.2 Å². The van der Waals surface area contributed by atoms with Crippen LogP contribution in [0.2, 0.25) is 0 Å². The molecule has 0 spiro atoms. The number of rotatable bonds is 8. The topological polar surface area (TPSA) is 65.7 Å². The zero-order chi connectivity index (χ0) is 15.2. The van der Waals surface area contributed by atoms with Crippen LogP contribution in [0.5, 0.6) is 11.5 Å². The van der Waals surface area contributed by atoms with Crippen molar-refractivity contribution in [1.82, 2.24) is 5.43 Å². The van der Waals surface area contributed by atoms with Crippen LogP contribution in [-0.2, 0) is 4.74 Å². The van der Waals surface area contributed by atoms with Gasteiger partial charge in [-0.2, -0.15) is 0 Å². The normalized spacial score (nSPS) is 13.1. The Hall–Kier alpha value is -1.30. The number of hydrogen-bond acceptors (Lipinski definition) is 5. The minimum absolute atomic E-state index is 0.0217. The summed E-state index contributed by atoms with van der Waals surface area (Å²) in [5.74, 6) is 7.20. The molecule has 0 aliphatic carbocycles. The Bertz CT molecular complexity index is 399. The summed E-state index contributed by atoms with van der Waals surface area (Å²) in [5, 5.41) is 0. The molecular formula is C15H26N2O3. The molecule has 0 heterocycles. The Balaban J connectivity index is 2.88. The van der Waals surface area contributed by atoms with Crippen LogP contribution < -0.4 is 20.7 Å². The fourth-order valence-electron chi connectivity index (χ4n) is 1.97. The highest BCUT2D eigenvalue weighted by atomic mass is 16.5. The van der Waals surface area contributed by atoms with E-state index in [4.69, 9.17) is 20.1 Å². The van der Waals surface area contributed by atoms with Gasteiger partial charge in [-0.3, -0.25) is 11.3 Å². The first-order valence-electron chi connectivity index (χ1n) is 6.70. The molecule has 1 atom stereocenters. The maximum atomic E-state index is 5.69. The van der Waals surface area contributed by atoms with Gasteiger partial charge in [0.1, 0.15) is 11.5 Å². The molecule has 0 saturated heterocycles. The first-order chi connectivity index (χ1) is 9.45. The molecule has 0 aliphatic heterocycles. The molecule has 5 heteroatoms. The molecule has 1 aromatic rings. The van der Waals surface area contributed by atoms with Gasteiger partial charge >= 0.3 is 0 Å². The number of nitrogens with two attached hydrogens (primary N) is 1. The second kappa shape index (κ2) is 7.47. The van der Waals surface area contributed by atoms with Crippen molar-refractivity contribution in [3.8, 4) is 11.5 Å². The van der Waals surface area contributed by atoms with Crippen LogP contribution in [0.3, 0.4) is 0 Å². The summed E-state index contributed by atoms with van der Waals surface area (Å²) in [5.41, 5.74) is 3.72. The van der Waals surface area contributed by atoms with Crippen molar-refractivity contribution in [2.45, 2.75) is 38.3 Å². The van der Waals surface area contributed by atoms with Crippen LogP contribution >= 0.6 is 0 Å². The summed E-state index contributed by atoms with van der Waals surface area (Å²) in [6, 6.07) is 5.80. The number of nitrogens with one attached hydrogen (secondary N) is 1. The van der Waals surface area contributed by atoms with Crippen LogP contribution in [0.25, 0.3) is 0 Å². The molecule has 1 aromatic carbocycles. The van der Waals surface area contributed by atoms with Gasteiger partial charge in [-0.25, -0.2) is 0 Å². The van der Waals surface area contributed by atoms with Crippen molar-refractivity contribution in [3.63, 3.8) is 0 Å². The second-order valence-corrected chi connectivity index (χ2v) is 5.37. The van der Waals surface area contributed by atoms with Gasteiger partial charge in [0.15, 0.2) is 0 Å². The third kappa shape index (κ3) is 4.67. The lowest BCUT2D eigenvalue weighted by atomic mass is 9.95. The Morgan fingerprint density at radius 2 is 1.65 bits per heavy atom. The van der Waals surface area contributed by atoms with Crippen molar-refractivity contribution in [3.05, 3.63) is 23.8 Å². The summed E-state index contributed by atoms with van der Waals surface area (Å²) in [6.07, 6.45) is 1.74.